The maximum Gasteiger partial charge on any atom is 0.296 e. The van der Waals surface area contributed by atoms with Crippen LogP contribution in [-0.2, 0) is 0 Å². The van der Waals surface area contributed by atoms with Crippen LogP contribution in [-0.4, -0.2) is 17.6 Å². The molecule has 0 amide bonds. The normalized spacial score (nSPS) is 25.5. The van der Waals surface area contributed by atoms with E-state index in [2.05, 4.69) is 31.3 Å². The molecule has 0 bridgehead atoms. The molecule has 118 valence electrons. The van der Waals surface area contributed by atoms with Gasteiger partial charge in [0.1, 0.15) is 11.4 Å². The van der Waals surface area contributed by atoms with Gasteiger partial charge in [-0.2, -0.15) is 0 Å². The molecule has 3 atom stereocenters. The minimum atomic E-state index is -0.315. The van der Waals surface area contributed by atoms with Crippen LogP contribution >= 0.6 is 0 Å². The minimum Gasteiger partial charge on any atom is -0.494 e. The lowest BCUT2D eigenvalue weighted by atomic mass is 9.75. The third-order valence-electron chi connectivity index (χ3n) is 4.69. The lowest BCUT2D eigenvalue weighted by Gasteiger charge is -2.39. The summed E-state index contributed by atoms with van der Waals surface area (Å²) in [5.74, 6) is 1.70. The monoisotopic (exact) mass is 302 g/mol. The fourth-order valence-corrected chi connectivity index (χ4v) is 3.75. The Hall–Kier alpha value is -2.04. The summed E-state index contributed by atoms with van der Waals surface area (Å²) in [6.45, 7) is 6.72. The van der Waals surface area contributed by atoms with Crippen molar-refractivity contribution in [2.45, 2.75) is 39.2 Å². The Bertz CT molecular complexity index is 625. The highest BCUT2D eigenvalue weighted by Gasteiger charge is 2.41. The fourth-order valence-electron chi connectivity index (χ4n) is 3.75. The zero-order chi connectivity index (χ0) is 15.9. The Balaban J connectivity index is 2.14. The number of benzene rings is 1. The van der Waals surface area contributed by atoms with Gasteiger partial charge in [0.05, 0.1) is 17.6 Å². The van der Waals surface area contributed by atoms with Gasteiger partial charge in [-0.1, -0.05) is 26.0 Å². The van der Waals surface area contributed by atoms with Crippen LogP contribution < -0.4 is 10.1 Å². The first-order valence-corrected chi connectivity index (χ1v) is 7.91. The fraction of sp³-hybridized carbons (Fsp3) is 0.529. The van der Waals surface area contributed by atoms with Gasteiger partial charge < -0.3 is 10.1 Å². The molecule has 5 nitrogen and oxygen atoms in total. The molecule has 1 aliphatic heterocycles. The summed E-state index contributed by atoms with van der Waals surface area (Å²) in [5, 5.41) is 14.9. The molecule has 0 unspecified atom stereocenters. The first-order chi connectivity index (χ1) is 10.5. The summed E-state index contributed by atoms with van der Waals surface area (Å²) in [6, 6.07) is 3.75. The number of nitrogens with one attached hydrogen (secondary N) is 1. The van der Waals surface area contributed by atoms with Crippen molar-refractivity contribution >= 4 is 11.4 Å². The average molecular weight is 302 g/mol. The molecule has 1 aromatic carbocycles. The van der Waals surface area contributed by atoms with Crippen molar-refractivity contribution < 1.29 is 9.66 Å². The lowest BCUT2D eigenvalue weighted by Crippen LogP contribution is -2.39. The third-order valence-corrected chi connectivity index (χ3v) is 4.69. The molecule has 1 aliphatic carbocycles. The highest BCUT2D eigenvalue weighted by molar-refractivity contribution is 5.72. The van der Waals surface area contributed by atoms with Crippen LogP contribution in [0.2, 0.25) is 0 Å². The Morgan fingerprint density at radius 2 is 2.23 bits per heavy atom. The number of nitro groups is 1. The molecule has 0 saturated heterocycles. The Labute approximate surface area is 130 Å². The summed E-state index contributed by atoms with van der Waals surface area (Å²) in [6.07, 6.45) is 5.41. The van der Waals surface area contributed by atoms with Crippen molar-refractivity contribution in [3.05, 3.63) is 40.0 Å². The minimum absolute atomic E-state index is 0.116. The number of nitrogens with zero attached hydrogens (tertiary/aromatic N) is 1. The first kappa shape index (κ1) is 14.9. The molecular formula is C17H22N2O3. The van der Waals surface area contributed by atoms with E-state index >= 15 is 0 Å². The predicted octanol–water partition coefficient (Wildman–Crippen LogP) is 4.10. The second kappa shape index (κ2) is 5.63. The van der Waals surface area contributed by atoms with Gasteiger partial charge in [0.15, 0.2) is 0 Å². The maximum atomic E-state index is 11.5. The number of fused-ring (bicyclic) bond motifs is 3. The average Bonchev–Trinajstić information content (AvgIpc) is 2.95. The standard InChI is InChI=1S/C17H22N2O3/c1-4-22-11-8-14-12-6-5-7-13(12)16(10(2)3)18-17(14)15(9-11)19(20)21/h5-6,8-10,12-13,16,18H,4,7H2,1-3H3/t12-,13-,16-/m0/s1. The summed E-state index contributed by atoms with van der Waals surface area (Å²) in [5.41, 5.74) is 1.78. The zero-order valence-corrected chi connectivity index (χ0v) is 13.2. The van der Waals surface area contributed by atoms with Crippen molar-refractivity contribution in [2.24, 2.45) is 11.8 Å². The molecule has 3 rings (SSSR count). The van der Waals surface area contributed by atoms with Crippen LogP contribution in [0.15, 0.2) is 24.3 Å². The van der Waals surface area contributed by atoms with E-state index in [0.29, 0.717) is 29.9 Å². The molecule has 0 spiro atoms. The van der Waals surface area contributed by atoms with E-state index in [1.807, 2.05) is 13.0 Å². The number of allylic oxidation sites excluding steroid dienone is 2. The van der Waals surface area contributed by atoms with E-state index in [-0.39, 0.29) is 22.6 Å². The highest BCUT2D eigenvalue weighted by Crippen LogP contribution is 2.50. The van der Waals surface area contributed by atoms with Crippen LogP contribution in [0.5, 0.6) is 5.75 Å². The number of rotatable bonds is 4. The molecule has 5 heteroatoms. The van der Waals surface area contributed by atoms with Gasteiger partial charge in [0.25, 0.3) is 5.69 Å². The number of hydrogen-bond donors (Lipinski definition) is 1. The van der Waals surface area contributed by atoms with E-state index in [1.165, 1.54) is 6.07 Å². The van der Waals surface area contributed by atoms with Gasteiger partial charge in [-0.05, 0) is 36.8 Å². The number of anilines is 1. The zero-order valence-electron chi connectivity index (χ0n) is 13.2. The van der Waals surface area contributed by atoms with Gasteiger partial charge in [0, 0.05) is 12.0 Å². The molecule has 1 N–H and O–H groups in total. The molecule has 0 fully saturated rings. The molecule has 1 aromatic rings. The van der Waals surface area contributed by atoms with Crippen LogP contribution in [0, 0.1) is 22.0 Å². The number of nitro benzene ring substituents is 1. The van der Waals surface area contributed by atoms with Gasteiger partial charge >= 0.3 is 0 Å². The van der Waals surface area contributed by atoms with Crippen molar-refractivity contribution in [3.63, 3.8) is 0 Å². The van der Waals surface area contributed by atoms with Crippen LogP contribution in [0.1, 0.15) is 38.7 Å². The van der Waals surface area contributed by atoms with E-state index in [9.17, 15) is 10.1 Å². The van der Waals surface area contributed by atoms with Gasteiger partial charge in [-0.25, -0.2) is 0 Å². The number of ether oxygens (including phenoxy) is 1. The van der Waals surface area contributed by atoms with Gasteiger partial charge in [0.2, 0.25) is 0 Å². The second-order valence-electron chi connectivity index (χ2n) is 6.36. The lowest BCUT2D eigenvalue weighted by molar-refractivity contribution is -0.384. The largest absolute Gasteiger partial charge is 0.494 e. The third kappa shape index (κ3) is 2.34. The van der Waals surface area contributed by atoms with Crippen molar-refractivity contribution in [1.82, 2.24) is 0 Å². The summed E-state index contributed by atoms with van der Waals surface area (Å²) < 4.78 is 5.53. The van der Waals surface area contributed by atoms with E-state index in [4.69, 9.17) is 4.74 Å². The van der Waals surface area contributed by atoms with Crippen LogP contribution in [0.3, 0.4) is 0 Å². The molecule has 1 heterocycles. The SMILES string of the molecule is CCOc1cc2c(c([N+](=O)[O-])c1)N[C@@H](C(C)C)[C@H]1CC=C[C@H]21. The topological polar surface area (TPSA) is 64.4 Å². The Morgan fingerprint density at radius 3 is 2.86 bits per heavy atom. The molecule has 22 heavy (non-hydrogen) atoms. The molecular weight excluding hydrogens is 280 g/mol. The Kier molecular flexibility index (Phi) is 3.81. The molecule has 0 saturated carbocycles. The van der Waals surface area contributed by atoms with Crippen LogP contribution in [0.25, 0.3) is 0 Å². The Morgan fingerprint density at radius 1 is 1.45 bits per heavy atom. The van der Waals surface area contributed by atoms with Gasteiger partial charge in [-0.15, -0.1) is 0 Å². The number of hydrogen-bond acceptors (Lipinski definition) is 4. The van der Waals surface area contributed by atoms with Crippen molar-refractivity contribution in [2.75, 3.05) is 11.9 Å². The van der Waals surface area contributed by atoms with Crippen molar-refractivity contribution in [1.29, 1.82) is 0 Å². The van der Waals surface area contributed by atoms with E-state index in [1.54, 1.807) is 0 Å². The smallest absolute Gasteiger partial charge is 0.296 e. The van der Waals surface area contributed by atoms with Crippen molar-refractivity contribution in [3.8, 4) is 5.75 Å². The quantitative estimate of drug-likeness (QED) is 0.516. The highest BCUT2D eigenvalue weighted by atomic mass is 16.6. The first-order valence-electron chi connectivity index (χ1n) is 7.91. The van der Waals surface area contributed by atoms with E-state index < -0.39 is 0 Å². The van der Waals surface area contributed by atoms with E-state index in [0.717, 1.165) is 12.0 Å². The summed E-state index contributed by atoms with van der Waals surface area (Å²) in [7, 11) is 0. The molecule has 0 radical (unpaired) electrons. The second-order valence-corrected chi connectivity index (χ2v) is 6.36. The molecule has 0 aromatic heterocycles. The summed E-state index contributed by atoms with van der Waals surface area (Å²) >= 11 is 0. The maximum absolute atomic E-state index is 11.5. The van der Waals surface area contributed by atoms with Gasteiger partial charge in [-0.3, -0.25) is 10.1 Å². The predicted molar refractivity (Wildman–Crippen MR) is 86.5 cm³/mol. The molecule has 2 aliphatic rings. The van der Waals surface area contributed by atoms with Crippen LogP contribution in [0.4, 0.5) is 11.4 Å². The summed E-state index contributed by atoms with van der Waals surface area (Å²) in [4.78, 5) is 11.2.